The number of thiophene rings is 1. The predicted octanol–water partition coefficient (Wildman–Crippen LogP) is 3.39. The van der Waals surface area contributed by atoms with Crippen molar-refractivity contribution in [3.63, 3.8) is 0 Å². The average Bonchev–Trinajstić information content (AvgIpc) is 3.47. The summed E-state index contributed by atoms with van der Waals surface area (Å²) in [6, 6.07) is 1.95. The fourth-order valence-electron chi connectivity index (χ4n) is 3.66. The smallest absolute Gasteiger partial charge is 0.254 e. The Morgan fingerprint density at radius 2 is 2.00 bits per heavy atom. The number of fused-ring (bicyclic) bond motifs is 1. The van der Waals surface area contributed by atoms with Gasteiger partial charge in [-0.15, -0.1) is 11.3 Å². The van der Waals surface area contributed by atoms with Gasteiger partial charge >= 0.3 is 0 Å². The predicted molar refractivity (Wildman–Crippen MR) is 114 cm³/mol. The fourth-order valence-corrected chi connectivity index (χ4v) is 4.91. The topological polar surface area (TPSA) is 96.0 Å². The molecule has 2 aromatic rings. The number of hydrogen-bond donors (Lipinski definition) is 3. The van der Waals surface area contributed by atoms with Gasteiger partial charge in [0.25, 0.3) is 5.91 Å². The van der Waals surface area contributed by atoms with Crippen LogP contribution in [0.2, 0.25) is 0 Å². The normalized spacial score (nSPS) is 18.0. The van der Waals surface area contributed by atoms with Crippen LogP contribution < -0.4 is 16.0 Å². The molecule has 1 fully saturated rings. The number of rotatable bonds is 8. The quantitative estimate of drug-likeness (QED) is 0.616. The molecule has 154 valence electrons. The third-order valence-electron chi connectivity index (χ3n) is 5.37. The van der Waals surface area contributed by atoms with Gasteiger partial charge < -0.3 is 16.0 Å². The van der Waals surface area contributed by atoms with Crippen LogP contribution in [-0.4, -0.2) is 34.4 Å². The Kier molecular flexibility index (Phi) is 6.08. The van der Waals surface area contributed by atoms with Crippen LogP contribution >= 0.6 is 11.3 Å². The van der Waals surface area contributed by atoms with Crippen molar-refractivity contribution >= 4 is 34.1 Å². The van der Waals surface area contributed by atoms with Gasteiger partial charge in [0.2, 0.25) is 11.9 Å². The van der Waals surface area contributed by atoms with Crippen LogP contribution in [0.4, 0.5) is 10.9 Å². The molecule has 0 bridgehead atoms. The molecule has 1 saturated carbocycles. The van der Waals surface area contributed by atoms with Crippen LogP contribution in [0, 0.1) is 5.92 Å². The van der Waals surface area contributed by atoms with Gasteiger partial charge in [0, 0.05) is 36.3 Å². The van der Waals surface area contributed by atoms with Crippen LogP contribution in [-0.2, 0) is 17.6 Å². The number of nitrogens with zero attached hydrogens (tertiary/aromatic N) is 2. The standard InChI is InChI=1S/C21H27N5O2S/c1-2-4-17(27)26-20-18(19(28)24-12-13-5-6-13)15-11-14(7-8-16(15)29-20)25-21-22-9-3-10-23-21/h3,9-10,13-14H,2,4-8,11-12H2,1H3,(H,24,28)(H,26,27)(H,22,23,25). The van der Waals surface area contributed by atoms with Crippen molar-refractivity contribution in [3.05, 3.63) is 34.5 Å². The number of nitrogens with one attached hydrogen (secondary N) is 3. The maximum absolute atomic E-state index is 13.0. The summed E-state index contributed by atoms with van der Waals surface area (Å²) in [5, 5.41) is 10.1. The maximum atomic E-state index is 13.0. The Morgan fingerprint density at radius 1 is 1.21 bits per heavy atom. The van der Waals surface area contributed by atoms with E-state index in [4.69, 9.17) is 0 Å². The maximum Gasteiger partial charge on any atom is 0.254 e. The lowest BCUT2D eigenvalue weighted by Gasteiger charge is -2.24. The van der Waals surface area contributed by atoms with E-state index in [2.05, 4.69) is 25.9 Å². The molecule has 0 aliphatic heterocycles. The van der Waals surface area contributed by atoms with Crippen molar-refractivity contribution in [1.29, 1.82) is 0 Å². The van der Waals surface area contributed by atoms with Gasteiger partial charge in [0.15, 0.2) is 0 Å². The third kappa shape index (κ3) is 4.93. The molecule has 2 aliphatic rings. The van der Waals surface area contributed by atoms with Gasteiger partial charge in [-0.25, -0.2) is 9.97 Å². The molecule has 0 spiro atoms. The number of amides is 2. The number of carbonyl (C=O) groups is 2. The molecule has 4 rings (SSSR count). The van der Waals surface area contributed by atoms with E-state index in [1.807, 2.05) is 6.92 Å². The highest BCUT2D eigenvalue weighted by Gasteiger charge is 2.31. The molecule has 2 amide bonds. The fraction of sp³-hybridized carbons (Fsp3) is 0.524. The zero-order chi connectivity index (χ0) is 20.2. The summed E-state index contributed by atoms with van der Waals surface area (Å²) in [5.41, 5.74) is 1.70. The second kappa shape index (κ2) is 8.90. The first-order chi connectivity index (χ1) is 14.1. The third-order valence-corrected chi connectivity index (χ3v) is 6.57. The molecule has 29 heavy (non-hydrogen) atoms. The highest BCUT2D eigenvalue weighted by atomic mass is 32.1. The molecule has 7 nitrogen and oxygen atoms in total. The molecular formula is C21H27N5O2S. The minimum absolute atomic E-state index is 0.0327. The Balaban J connectivity index is 1.55. The molecule has 2 aromatic heterocycles. The van der Waals surface area contributed by atoms with Gasteiger partial charge in [-0.3, -0.25) is 9.59 Å². The number of aromatic nitrogens is 2. The summed E-state index contributed by atoms with van der Waals surface area (Å²) in [7, 11) is 0. The molecule has 0 saturated heterocycles. The highest BCUT2D eigenvalue weighted by molar-refractivity contribution is 7.17. The van der Waals surface area contributed by atoms with E-state index in [-0.39, 0.29) is 17.9 Å². The van der Waals surface area contributed by atoms with E-state index in [0.29, 0.717) is 35.4 Å². The lowest BCUT2D eigenvalue weighted by atomic mass is 9.91. The molecule has 1 atom stereocenters. The van der Waals surface area contributed by atoms with Gasteiger partial charge in [-0.1, -0.05) is 6.92 Å². The summed E-state index contributed by atoms with van der Waals surface area (Å²) in [6.45, 7) is 2.69. The lowest BCUT2D eigenvalue weighted by molar-refractivity contribution is -0.116. The SMILES string of the molecule is CCCC(=O)Nc1sc2c(c1C(=O)NCC1CC1)CC(Nc1ncccn1)CC2. The lowest BCUT2D eigenvalue weighted by Crippen LogP contribution is -2.31. The van der Waals surface area contributed by atoms with Crippen LogP contribution in [0.5, 0.6) is 0 Å². The first-order valence-electron chi connectivity index (χ1n) is 10.4. The van der Waals surface area contributed by atoms with E-state index >= 15 is 0 Å². The molecule has 0 aromatic carbocycles. The number of anilines is 2. The van der Waals surface area contributed by atoms with Crippen molar-refractivity contribution in [2.75, 3.05) is 17.2 Å². The summed E-state index contributed by atoms with van der Waals surface area (Å²) >= 11 is 1.55. The number of carbonyl (C=O) groups excluding carboxylic acids is 2. The Hall–Kier alpha value is -2.48. The van der Waals surface area contributed by atoms with Gasteiger partial charge in [0.05, 0.1) is 5.56 Å². The van der Waals surface area contributed by atoms with Gasteiger partial charge in [-0.2, -0.15) is 0 Å². The number of aryl methyl sites for hydroxylation is 1. The molecule has 2 aliphatic carbocycles. The second-order valence-electron chi connectivity index (χ2n) is 7.82. The van der Waals surface area contributed by atoms with Crippen LogP contribution in [0.15, 0.2) is 18.5 Å². The molecule has 1 unspecified atom stereocenters. The largest absolute Gasteiger partial charge is 0.352 e. The van der Waals surface area contributed by atoms with Gasteiger partial charge in [0.1, 0.15) is 5.00 Å². The highest BCUT2D eigenvalue weighted by Crippen LogP contribution is 2.39. The summed E-state index contributed by atoms with van der Waals surface area (Å²) in [6.07, 6.45) is 9.58. The van der Waals surface area contributed by atoms with E-state index in [9.17, 15) is 9.59 Å². The first-order valence-corrected chi connectivity index (χ1v) is 11.2. The van der Waals surface area contributed by atoms with Crippen molar-refractivity contribution in [2.24, 2.45) is 5.92 Å². The Morgan fingerprint density at radius 3 is 2.72 bits per heavy atom. The average molecular weight is 414 g/mol. The number of hydrogen-bond acceptors (Lipinski definition) is 6. The van der Waals surface area contributed by atoms with Gasteiger partial charge in [-0.05, 0) is 56.1 Å². The van der Waals surface area contributed by atoms with Crippen molar-refractivity contribution in [1.82, 2.24) is 15.3 Å². The van der Waals surface area contributed by atoms with Crippen molar-refractivity contribution in [2.45, 2.75) is 57.9 Å². The first kappa shape index (κ1) is 19.8. The molecular weight excluding hydrogens is 386 g/mol. The monoisotopic (exact) mass is 413 g/mol. The molecule has 3 N–H and O–H groups in total. The minimum atomic E-state index is -0.0715. The van der Waals surface area contributed by atoms with Crippen molar-refractivity contribution in [3.8, 4) is 0 Å². The zero-order valence-electron chi connectivity index (χ0n) is 16.7. The summed E-state index contributed by atoms with van der Waals surface area (Å²) in [4.78, 5) is 34.9. The minimum Gasteiger partial charge on any atom is -0.352 e. The van der Waals surface area contributed by atoms with Crippen molar-refractivity contribution < 1.29 is 9.59 Å². The van der Waals surface area contributed by atoms with E-state index in [1.165, 1.54) is 17.7 Å². The zero-order valence-corrected chi connectivity index (χ0v) is 17.5. The van der Waals surface area contributed by atoms with Crippen LogP contribution in [0.1, 0.15) is 59.8 Å². The molecule has 0 radical (unpaired) electrons. The van der Waals surface area contributed by atoms with Crippen LogP contribution in [0.25, 0.3) is 0 Å². The molecule has 8 heteroatoms. The van der Waals surface area contributed by atoms with Crippen LogP contribution in [0.3, 0.4) is 0 Å². The molecule has 2 heterocycles. The Labute approximate surface area is 174 Å². The van der Waals surface area contributed by atoms with E-state index in [0.717, 1.165) is 31.2 Å². The van der Waals surface area contributed by atoms with E-state index < -0.39 is 0 Å². The van der Waals surface area contributed by atoms with E-state index in [1.54, 1.807) is 29.8 Å². The summed E-state index contributed by atoms with van der Waals surface area (Å²) in [5.74, 6) is 1.11. The Bertz CT molecular complexity index is 879. The summed E-state index contributed by atoms with van der Waals surface area (Å²) < 4.78 is 0. The second-order valence-corrected chi connectivity index (χ2v) is 8.92.